The molecule has 1 atom stereocenters. The first-order valence-corrected chi connectivity index (χ1v) is 8.30. The van der Waals surface area contributed by atoms with E-state index in [0.29, 0.717) is 35.4 Å². The maximum atomic E-state index is 12.4. The second kappa shape index (κ2) is 8.35. The van der Waals surface area contributed by atoms with Crippen LogP contribution in [0.15, 0.2) is 22.3 Å². The highest BCUT2D eigenvalue weighted by atomic mass is 16.3. The van der Waals surface area contributed by atoms with E-state index < -0.39 is 11.5 Å². The van der Waals surface area contributed by atoms with Crippen molar-refractivity contribution in [3.63, 3.8) is 0 Å². The van der Waals surface area contributed by atoms with E-state index in [9.17, 15) is 19.5 Å². The van der Waals surface area contributed by atoms with Crippen LogP contribution in [0.2, 0.25) is 0 Å². The number of Topliss-reactive ketones (excluding diaryl/α,β-unsaturated/α-hetero) is 2. The zero-order chi connectivity index (χ0) is 18.5. The second-order valence-electron chi connectivity index (χ2n) is 6.54. The standard InChI is InChI=1S/C18H28N2O4/c1-11-12(2)16(22)14(13(3)15(11)21)7-8-18(4,24)17(23)20-10-6-5-9-19/h24H,5-10,19H2,1-4H3,(H,20,23). The van der Waals surface area contributed by atoms with Gasteiger partial charge in [0.15, 0.2) is 11.6 Å². The van der Waals surface area contributed by atoms with E-state index >= 15 is 0 Å². The fourth-order valence-corrected chi connectivity index (χ4v) is 2.60. The maximum absolute atomic E-state index is 12.4. The summed E-state index contributed by atoms with van der Waals surface area (Å²) in [4.78, 5) is 36.6. The van der Waals surface area contributed by atoms with Gasteiger partial charge in [-0.05, 0) is 59.9 Å². The van der Waals surface area contributed by atoms with Crippen LogP contribution in [0.4, 0.5) is 0 Å². The zero-order valence-corrected chi connectivity index (χ0v) is 15.0. The van der Waals surface area contributed by atoms with Gasteiger partial charge in [0, 0.05) is 28.8 Å². The van der Waals surface area contributed by atoms with Crippen molar-refractivity contribution in [3.05, 3.63) is 22.3 Å². The Morgan fingerprint density at radius 2 is 1.67 bits per heavy atom. The van der Waals surface area contributed by atoms with Gasteiger partial charge < -0.3 is 16.2 Å². The average molecular weight is 336 g/mol. The van der Waals surface area contributed by atoms with Gasteiger partial charge in [0.25, 0.3) is 5.91 Å². The number of allylic oxidation sites excluding steroid dienone is 4. The molecule has 0 aromatic carbocycles. The summed E-state index contributed by atoms with van der Waals surface area (Å²) in [7, 11) is 0. The van der Waals surface area contributed by atoms with E-state index in [-0.39, 0.29) is 24.4 Å². The molecule has 0 spiro atoms. The summed E-state index contributed by atoms with van der Waals surface area (Å²) in [5.41, 5.74) is 5.49. The van der Waals surface area contributed by atoms with Crippen LogP contribution in [0.3, 0.4) is 0 Å². The molecule has 0 bridgehead atoms. The van der Waals surface area contributed by atoms with Crippen molar-refractivity contribution in [1.82, 2.24) is 5.32 Å². The average Bonchev–Trinajstić information content (AvgIpc) is 2.54. The molecule has 1 aliphatic carbocycles. The van der Waals surface area contributed by atoms with E-state index in [4.69, 9.17) is 5.73 Å². The number of amides is 1. The molecular formula is C18H28N2O4. The molecule has 6 heteroatoms. The number of aliphatic hydroxyl groups is 1. The van der Waals surface area contributed by atoms with Gasteiger partial charge in [-0.15, -0.1) is 0 Å². The van der Waals surface area contributed by atoms with Gasteiger partial charge in [-0.3, -0.25) is 14.4 Å². The number of hydrogen-bond acceptors (Lipinski definition) is 5. The van der Waals surface area contributed by atoms with Crippen molar-refractivity contribution in [1.29, 1.82) is 0 Å². The monoisotopic (exact) mass is 336 g/mol. The molecule has 0 aromatic heterocycles. The predicted molar refractivity (Wildman–Crippen MR) is 92.2 cm³/mol. The molecule has 0 fully saturated rings. The van der Waals surface area contributed by atoms with Crippen LogP contribution in [-0.4, -0.2) is 41.3 Å². The number of hydrogen-bond donors (Lipinski definition) is 3. The van der Waals surface area contributed by atoms with Crippen molar-refractivity contribution >= 4 is 17.5 Å². The Hall–Kier alpha value is -1.79. The number of carbonyl (C=O) groups excluding carboxylic acids is 3. The van der Waals surface area contributed by atoms with Crippen molar-refractivity contribution in [2.45, 2.75) is 59.0 Å². The number of nitrogens with two attached hydrogens (primary N) is 1. The molecule has 1 unspecified atom stereocenters. The molecule has 0 heterocycles. The van der Waals surface area contributed by atoms with Gasteiger partial charge in [-0.25, -0.2) is 0 Å². The summed E-state index contributed by atoms with van der Waals surface area (Å²) < 4.78 is 0. The molecule has 0 radical (unpaired) electrons. The SMILES string of the molecule is CC1=C(C)C(=O)C(CCC(C)(O)C(=O)NCCCCN)=C(C)C1=O. The van der Waals surface area contributed by atoms with Crippen LogP contribution in [0.25, 0.3) is 0 Å². The minimum absolute atomic E-state index is 0.0771. The fraction of sp³-hybridized carbons (Fsp3) is 0.611. The summed E-state index contributed by atoms with van der Waals surface area (Å²) in [6.45, 7) is 7.32. The molecule has 24 heavy (non-hydrogen) atoms. The maximum Gasteiger partial charge on any atom is 0.251 e. The highest BCUT2D eigenvalue weighted by Crippen LogP contribution is 2.28. The van der Waals surface area contributed by atoms with E-state index in [1.54, 1.807) is 20.8 Å². The third-order valence-electron chi connectivity index (χ3n) is 4.58. The number of carbonyl (C=O) groups is 3. The minimum Gasteiger partial charge on any atom is -0.380 e. The fourth-order valence-electron chi connectivity index (χ4n) is 2.60. The summed E-state index contributed by atoms with van der Waals surface area (Å²) in [5, 5.41) is 13.0. The lowest BCUT2D eigenvalue weighted by atomic mass is 9.82. The van der Waals surface area contributed by atoms with Gasteiger partial charge in [0.05, 0.1) is 0 Å². The summed E-state index contributed by atoms with van der Waals surface area (Å²) in [5.74, 6) is -0.799. The Morgan fingerprint density at radius 3 is 2.25 bits per heavy atom. The van der Waals surface area contributed by atoms with Gasteiger partial charge in [-0.1, -0.05) is 0 Å². The van der Waals surface area contributed by atoms with Gasteiger partial charge in [0.2, 0.25) is 0 Å². The van der Waals surface area contributed by atoms with Crippen LogP contribution < -0.4 is 11.1 Å². The molecule has 0 aromatic rings. The van der Waals surface area contributed by atoms with Crippen molar-refractivity contribution < 1.29 is 19.5 Å². The lowest BCUT2D eigenvalue weighted by Gasteiger charge is -2.24. The third kappa shape index (κ3) is 4.61. The predicted octanol–water partition coefficient (Wildman–Crippen LogP) is 1.18. The van der Waals surface area contributed by atoms with Crippen LogP contribution in [0.1, 0.15) is 53.4 Å². The van der Waals surface area contributed by atoms with Gasteiger partial charge >= 0.3 is 0 Å². The minimum atomic E-state index is -1.59. The van der Waals surface area contributed by atoms with E-state index in [1.165, 1.54) is 6.92 Å². The van der Waals surface area contributed by atoms with E-state index in [0.717, 1.165) is 12.8 Å². The Balaban J connectivity index is 2.71. The molecule has 0 saturated heterocycles. The smallest absolute Gasteiger partial charge is 0.251 e. The van der Waals surface area contributed by atoms with E-state index in [2.05, 4.69) is 5.32 Å². The van der Waals surface area contributed by atoms with Crippen LogP contribution in [0.5, 0.6) is 0 Å². The molecule has 1 aliphatic rings. The lowest BCUT2D eigenvalue weighted by molar-refractivity contribution is -0.138. The van der Waals surface area contributed by atoms with Gasteiger partial charge in [-0.2, -0.15) is 0 Å². The molecule has 1 amide bonds. The number of rotatable bonds is 8. The zero-order valence-electron chi connectivity index (χ0n) is 15.0. The third-order valence-corrected chi connectivity index (χ3v) is 4.58. The quantitative estimate of drug-likeness (QED) is 0.455. The Morgan fingerprint density at radius 1 is 1.08 bits per heavy atom. The van der Waals surface area contributed by atoms with Crippen LogP contribution in [-0.2, 0) is 14.4 Å². The van der Waals surface area contributed by atoms with Crippen LogP contribution >= 0.6 is 0 Å². The molecule has 0 saturated carbocycles. The summed E-state index contributed by atoms with van der Waals surface area (Å²) in [6.07, 6.45) is 1.81. The Bertz CT molecular complexity index is 600. The summed E-state index contributed by atoms with van der Waals surface area (Å²) >= 11 is 0. The van der Waals surface area contributed by atoms with E-state index in [1.807, 2.05) is 0 Å². The first-order valence-electron chi connectivity index (χ1n) is 8.30. The first-order chi connectivity index (χ1) is 11.1. The Kier molecular flexibility index (Phi) is 7.05. The lowest BCUT2D eigenvalue weighted by Crippen LogP contribution is -2.45. The molecule has 4 N–H and O–H groups in total. The number of ketones is 2. The molecular weight excluding hydrogens is 308 g/mol. The van der Waals surface area contributed by atoms with Crippen molar-refractivity contribution in [2.75, 3.05) is 13.1 Å². The topological polar surface area (TPSA) is 109 Å². The molecule has 134 valence electrons. The van der Waals surface area contributed by atoms with Gasteiger partial charge in [0.1, 0.15) is 5.60 Å². The molecule has 0 aliphatic heterocycles. The number of nitrogens with one attached hydrogen (secondary N) is 1. The highest BCUT2D eigenvalue weighted by Gasteiger charge is 2.33. The highest BCUT2D eigenvalue weighted by molar-refractivity contribution is 6.24. The molecule has 6 nitrogen and oxygen atoms in total. The van der Waals surface area contributed by atoms with Crippen molar-refractivity contribution in [2.24, 2.45) is 5.73 Å². The number of unbranched alkanes of at least 4 members (excludes halogenated alkanes) is 1. The van der Waals surface area contributed by atoms with Crippen molar-refractivity contribution in [3.8, 4) is 0 Å². The first kappa shape index (κ1) is 20.3. The summed E-state index contributed by atoms with van der Waals surface area (Å²) in [6, 6.07) is 0. The second-order valence-corrected chi connectivity index (χ2v) is 6.54. The largest absolute Gasteiger partial charge is 0.380 e. The Labute approximate surface area is 143 Å². The molecule has 1 rings (SSSR count). The van der Waals surface area contributed by atoms with Crippen LogP contribution in [0, 0.1) is 0 Å². The normalized spacial score (nSPS) is 18.1.